The fourth-order valence-electron chi connectivity index (χ4n) is 2.98. The van der Waals surface area contributed by atoms with E-state index in [4.69, 9.17) is 17.0 Å². The summed E-state index contributed by atoms with van der Waals surface area (Å²) in [4.78, 5) is 2.50. The van der Waals surface area contributed by atoms with Crippen molar-refractivity contribution >= 4 is 23.0 Å². The number of hydrazone groups is 1. The minimum absolute atomic E-state index is 0.285. The van der Waals surface area contributed by atoms with E-state index in [1.807, 2.05) is 32.9 Å². The van der Waals surface area contributed by atoms with Gasteiger partial charge in [-0.3, -0.25) is 10.3 Å². The van der Waals surface area contributed by atoms with Crippen LogP contribution in [0.3, 0.4) is 0 Å². The summed E-state index contributed by atoms with van der Waals surface area (Å²) in [6.45, 7) is 9.32. The average molecular weight is 363 g/mol. The predicted molar refractivity (Wildman–Crippen MR) is 108 cm³/mol. The second-order valence-corrected chi connectivity index (χ2v) is 7.21. The number of likely N-dealkylation sites (tertiary alicyclic amines) is 1. The van der Waals surface area contributed by atoms with Crippen molar-refractivity contribution in [3.05, 3.63) is 29.3 Å². The van der Waals surface area contributed by atoms with Gasteiger partial charge in [-0.05, 0) is 82.7 Å². The summed E-state index contributed by atoms with van der Waals surface area (Å²) >= 11 is 5.22. The summed E-state index contributed by atoms with van der Waals surface area (Å²) in [5.74, 6) is 0.937. The average Bonchev–Trinajstić information content (AvgIpc) is 2.60. The Morgan fingerprint density at radius 2 is 2.00 bits per heavy atom. The third-order valence-electron chi connectivity index (χ3n) is 4.29. The quantitative estimate of drug-likeness (QED) is 0.462. The van der Waals surface area contributed by atoms with E-state index in [1.54, 1.807) is 7.11 Å². The number of thiocarbonyl (C=S) groups is 1. The lowest BCUT2D eigenvalue weighted by atomic mass is 10.0. The molecule has 0 unspecified atom stereocenters. The predicted octanol–water partition coefficient (Wildman–Crippen LogP) is 3.28. The van der Waals surface area contributed by atoms with Gasteiger partial charge in [0.2, 0.25) is 0 Å². The second-order valence-electron chi connectivity index (χ2n) is 6.80. The lowest BCUT2D eigenvalue weighted by Crippen LogP contribution is -2.37. The lowest BCUT2D eigenvalue weighted by molar-refractivity contribution is 0.218. The van der Waals surface area contributed by atoms with E-state index in [0.29, 0.717) is 5.11 Å². The number of nitrogens with one attached hydrogen (secondary N) is 2. The molecule has 25 heavy (non-hydrogen) atoms. The highest BCUT2D eigenvalue weighted by atomic mass is 32.1. The van der Waals surface area contributed by atoms with Crippen molar-refractivity contribution in [1.82, 2.24) is 15.6 Å². The third-order valence-corrected chi connectivity index (χ3v) is 4.49. The molecule has 0 spiro atoms. The van der Waals surface area contributed by atoms with Crippen LogP contribution < -0.4 is 15.5 Å². The molecule has 1 aliphatic heterocycles. The van der Waals surface area contributed by atoms with Crippen LogP contribution in [0.2, 0.25) is 0 Å². The summed E-state index contributed by atoms with van der Waals surface area (Å²) in [6.07, 6.45) is 3.91. The first-order valence-corrected chi connectivity index (χ1v) is 9.41. The van der Waals surface area contributed by atoms with Gasteiger partial charge < -0.3 is 10.1 Å². The molecule has 1 aliphatic rings. The monoisotopic (exact) mass is 362 g/mol. The maximum absolute atomic E-state index is 5.55. The molecule has 1 fully saturated rings. The molecule has 0 atom stereocenters. The van der Waals surface area contributed by atoms with Gasteiger partial charge in [-0.2, -0.15) is 5.10 Å². The fraction of sp³-hybridized carbons (Fsp3) is 0.579. The van der Waals surface area contributed by atoms with Crippen LogP contribution in [0.15, 0.2) is 23.3 Å². The van der Waals surface area contributed by atoms with E-state index >= 15 is 0 Å². The van der Waals surface area contributed by atoms with Gasteiger partial charge in [-0.25, -0.2) is 0 Å². The zero-order valence-electron chi connectivity index (χ0n) is 15.8. The van der Waals surface area contributed by atoms with E-state index < -0.39 is 0 Å². The van der Waals surface area contributed by atoms with Gasteiger partial charge in [-0.1, -0.05) is 6.42 Å². The second kappa shape index (κ2) is 9.73. The Kier molecular flexibility index (Phi) is 7.65. The van der Waals surface area contributed by atoms with E-state index in [0.717, 1.165) is 36.7 Å². The largest absolute Gasteiger partial charge is 0.496 e. The first kappa shape index (κ1) is 19.7. The van der Waals surface area contributed by atoms with Crippen molar-refractivity contribution in [3.63, 3.8) is 0 Å². The molecule has 0 aromatic heterocycles. The van der Waals surface area contributed by atoms with Crippen molar-refractivity contribution in [2.24, 2.45) is 5.10 Å². The Morgan fingerprint density at radius 1 is 1.28 bits per heavy atom. The van der Waals surface area contributed by atoms with Crippen molar-refractivity contribution < 1.29 is 4.74 Å². The molecule has 1 heterocycles. The zero-order valence-corrected chi connectivity index (χ0v) is 16.6. The van der Waals surface area contributed by atoms with E-state index in [1.165, 1.54) is 24.8 Å². The Balaban J connectivity index is 2.09. The van der Waals surface area contributed by atoms with E-state index in [2.05, 4.69) is 26.8 Å². The van der Waals surface area contributed by atoms with Crippen molar-refractivity contribution in [2.45, 2.75) is 52.6 Å². The van der Waals surface area contributed by atoms with Gasteiger partial charge in [-0.15, -0.1) is 0 Å². The minimum atomic E-state index is 0.285. The van der Waals surface area contributed by atoms with Gasteiger partial charge >= 0.3 is 0 Å². The highest BCUT2D eigenvalue weighted by Gasteiger charge is 2.14. The molecular formula is C19H30N4OS. The Labute approximate surface area is 156 Å². The lowest BCUT2D eigenvalue weighted by Gasteiger charge is -2.27. The van der Waals surface area contributed by atoms with Crippen LogP contribution in [0.4, 0.5) is 0 Å². The molecule has 1 aromatic rings. The van der Waals surface area contributed by atoms with Gasteiger partial charge in [0, 0.05) is 18.2 Å². The van der Waals surface area contributed by atoms with Crippen LogP contribution in [-0.2, 0) is 6.54 Å². The molecule has 0 aliphatic carbocycles. The molecule has 2 N–H and O–H groups in total. The van der Waals surface area contributed by atoms with Gasteiger partial charge in [0.15, 0.2) is 5.11 Å². The summed E-state index contributed by atoms with van der Waals surface area (Å²) in [6, 6.07) is 6.52. The molecule has 1 aromatic carbocycles. The van der Waals surface area contributed by atoms with Crippen LogP contribution in [-0.4, -0.2) is 42.0 Å². The van der Waals surface area contributed by atoms with Crippen LogP contribution >= 0.6 is 12.2 Å². The fourth-order valence-corrected chi connectivity index (χ4v) is 3.26. The minimum Gasteiger partial charge on any atom is -0.496 e. The number of hydrogen-bond donors (Lipinski definition) is 2. The highest BCUT2D eigenvalue weighted by molar-refractivity contribution is 7.80. The molecule has 1 saturated heterocycles. The van der Waals surface area contributed by atoms with Crippen molar-refractivity contribution in [1.29, 1.82) is 0 Å². The molecule has 5 nitrogen and oxygen atoms in total. The Bertz CT molecular complexity index is 609. The number of hydrogen-bond acceptors (Lipinski definition) is 4. The standard InChI is InChI=1S/C19H30N4OS/c1-14(2)20-19(25)22-21-15(3)16-8-9-18(24-4)17(12-16)13-23-10-6-5-7-11-23/h8-9,12,14H,5-7,10-11,13H2,1-4H3,(H2,20,22,25)/b21-15-. The van der Waals surface area contributed by atoms with Gasteiger partial charge in [0.25, 0.3) is 0 Å². The van der Waals surface area contributed by atoms with E-state index in [9.17, 15) is 0 Å². The topological polar surface area (TPSA) is 48.9 Å². The first-order chi connectivity index (χ1) is 12.0. The summed E-state index contributed by atoms with van der Waals surface area (Å²) < 4.78 is 5.55. The number of methoxy groups -OCH3 is 1. The first-order valence-electron chi connectivity index (χ1n) is 9.00. The number of rotatable bonds is 6. The number of ether oxygens (including phenoxy) is 1. The molecule has 6 heteroatoms. The molecule has 0 saturated carbocycles. The molecular weight excluding hydrogens is 332 g/mol. The van der Waals surface area contributed by atoms with E-state index in [-0.39, 0.29) is 6.04 Å². The van der Waals surface area contributed by atoms with Gasteiger partial charge in [0.1, 0.15) is 5.75 Å². The number of nitrogens with zero attached hydrogens (tertiary/aromatic N) is 2. The maximum atomic E-state index is 5.55. The smallest absolute Gasteiger partial charge is 0.187 e. The number of piperidine rings is 1. The third kappa shape index (κ3) is 6.29. The van der Waals surface area contributed by atoms with Crippen LogP contribution in [0.25, 0.3) is 0 Å². The zero-order chi connectivity index (χ0) is 18.2. The summed E-state index contributed by atoms with van der Waals surface area (Å²) in [7, 11) is 1.73. The maximum Gasteiger partial charge on any atom is 0.187 e. The molecule has 138 valence electrons. The van der Waals surface area contributed by atoms with Crippen LogP contribution in [0.1, 0.15) is 51.2 Å². The molecule has 0 amide bonds. The molecule has 0 bridgehead atoms. The summed E-state index contributed by atoms with van der Waals surface area (Å²) in [5.41, 5.74) is 6.09. The Hall–Kier alpha value is -1.66. The van der Waals surface area contributed by atoms with Crippen LogP contribution in [0, 0.1) is 0 Å². The highest BCUT2D eigenvalue weighted by Crippen LogP contribution is 2.23. The number of benzene rings is 1. The van der Waals surface area contributed by atoms with Crippen molar-refractivity contribution in [3.8, 4) is 5.75 Å². The van der Waals surface area contributed by atoms with Crippen molar-refractivity contribution in [2.75, 3.05) is 20.2 Å². The Morgan fingerprint density at radius 3 is 2.64 bits per heavy atom. The SMILES string of the molecule is COc1ccc(/C(C)=N\NC(=S)NC(C)C)cc1CN1CCCCC1. The van der Waals surface area contributed by atoms with Crippen LogP contribution in [0.5, 0.6) is 5.75 Å². The molecule has 2 rings (SSSR count). The summed E-state index contributed by atoms with van der Waals surface area (Å²) in [5, 5.41) is 8.06. The normalized spacial score (nSPS) is 16.0. The van der Waals surface area contributed by atoms with Gasteiger partial charge in [0.05, 0.1) is 12.8 Å². The molecule has 0 radical (unpaired) electrons.